The number of aromatic nitrogens is 3. The minimum absolute atomic E-state index is 0.230. The van der Waals surface area contributed by atoms with Crippen LogP contribution in [0.5, 0.6) is 0 Å². The average molecular weight is 346 g/mol. The molecule has 1 aliphatic heterocycles. The summed E-state index contributed by atoms with van der Waals surface area (Å²) >= 11 is 6.11. The molecule has 1 aliphatic rings. The Labute approximate surface area is 146 Å². The molecule has 0 unspecified atom stereocenters. The highest BCUT2D eigenvalue weighted by Gasteiger charge is 2.18. The highest BCUT2D eigenvalue weighted by Crippen LogP contribution is 2.19. The maximum absolute atomic E-state index is 12.4. The molecule has 1 N–H and O–H groups in total. The Balaban J connectivity index is 1.63. The summed E-state index contributed by atoms with van der Waals surface area (Å²) in [5.41, 5.74) is 1.16. The summed E-state index contributed by atoms with van der Waals surface area (Å²) in [6.45, 7) is 2.32. The van der Waals surface area contributed by atoms with Gasteiger partial charge >= 0.3 is 0 Å². The van der Waals surface area contributed by atoms with Crippen LogP contribution in [-0.4, -0.2) is 40.5 Å². The van der Waals surface area contributed by atoms with Gasteiger partial charge in [-0.1, -0.05) is 17.7 Å². The fourth-order valence-corrected chi connectivity index (χ4v) is 2.87. The molecule has 126 valence electrons. The number of anilines is 1. The minimum Gasteiger partial charge on any atom is -0.350 e. The second-order valence-corrected chi connectivity index (χ2v) is 6.15. The number of hydrogen-bond acceptors (Lipinski definition) is 5. The van der Waals surface area contributed by atoms with Crippen LogP contribution in [0.4, 0.5) is 5.95 Å². The average Bonchev–Trinajstić information content (AvgIpc) is 2.63. The molecule has 7 heteroatoms. The summed E-state index contributed by atoms with van der Waals surface area (Å²) in [5.74, 6) is 0.297. The highest BCUT2D eigenvalue weighted by molar-refractivity contribution is 6.33. The SMILES string of the molecule is O=C(NCCc1ccccn1)c1nc(N2CCCCC2)ncc1Cl. The predicted molar refractivity (Wildman–Crippen MR) is 93.4 cm³/mol. The maximum atomic E-state index is 12.4. The Morgan fingerprint density at radius 2 is 2.04 bits per heavy atom. The van der Waals surface area contributed by atoms with Gasteiger partial charge in [0, 0.05) is 37.9 Å². The number of pyridine rings is 1. The van der Waals surface area contributed by atoms with Crippen LogP contribution in [0.3, 0.4) is 0 Å². The van der Waals surface area contributed by atoms with E-state index in [0.717, 1.165) is 31.6 Å². The summed E-state index contributed by atoms with van der Waals surface area (Å²) in [4.78, 5) is 27.3. The topological polar surface area (TPSA) is 71.0 Å². The van der Waals surface area contributed by atoms with Crippen molar-refractivity contribution in [2.24, 2.45) is 0 Å². The lowest BCUT2D eigenvalue weighted by molar-refractivity contribution is 0.0949. The maximum Gasteiger partial charge on any atom is 0.271 e. The van der Waals surface area contributed by atoms with E-state index in [0.29, 0.717) is 18.9 Å². The molecule has 0 aromatic carbocycles. The van der Waals surface area contributed by atoms with Gasteiger partial charge in [-0.3, -0.25) is 9.78 Å². The molecule has 1 amide bonds. The smallest absolute Gasteiger partial charge is 0.271 e. The van der Waals surface area contributed by atoms with Gasteiger partial charge in [-0.15, -0.1) is 0 Å². The molecular weight excluding hydrogens is 326 g/mol. The molecule has 0 spiro atoms. The molecule has 1 saturated heterocycles. The van der Waals surface area contributed by atoms with Crippen molar-refractivity contribution in [2.45, 2.75) is 25.7 Å². The van der Waals surface area contributed by atoms with Crippen LogP contribution < -0.4 is 10.2 Å². The number of nitrogens with zero attached hydrogens (tertiary/aromatic N) is 4. The molecule has 3 heterocycles. The molecule has 24 heavy (non-hydrogen) atoms. The van der Waals surface area contributed by atoms with Crippen LogP contribution in [0.15, 0.2) is 30.6 Å². The molecule has 6 nitrogen and oxygen atoms in total. The summed E-state index contributed by atoms with van der Waals surface area (Å²) < 4.78 is 0. The van der Waals surface area contributed by atoms with Crippen molar-refractivity contribution in [2.75, 3.05) is 24.5 Å². The molecule has 0 saturated carbocycles. The number of piperidine rings is 1. The Hall–Kier alpha value is -2.21. The second kappa shape index (κ2) is 8.06. The van der Waals surface area contributed by atoms with E-state index in [1.165, 1.54) is 12.6 Å². The van der Waals surface area contributed by atoms with Gasteiger partial charge in [-0.05, 0) is 31.4 Å². The van der Waals surface area contributed by atoms with E-state index >= 15 is 0 Å². The van der Waals surface area contributed by atoms with Gasteiger partial charge in [0.15, 0.2) is 5.69 Å². The number of halogens is 1. The third-order valence-corrected chi connectivity index (χ3v) is 4.25. The lowest BCUT2D eigenvalue weighted by atomic mass is 10.1. The van der Waals surface area contributed by atoms with Gasteiger partial charge in [-0.25, -0.2) is 9.97 Å². The first-order chi connectivity index (χ1) is 11.7. The number of carbonyl (C=O) groups excluding carboxylic acids is 1. The Morgan fingerprint density at radius 1 is 1.21 bits per heavy atom. The zero-order chi connectivity index (χ0) is 16.8. The lowest BCUT2D eigenvalue weighted by Crippen LogP contribution is -2.32. The number of carbonyl (C=O) groups is 1. The zero-order valence-corrected chi connectivity index (χ0v) is 14.2. The number of rotatable bonds is 5. The molecule has 2 aromatic heterocycles. The predicted octanol–water partition coefficient (Wildman–Crippen LogP) is 2.49. The van der Waals surface area contributed by atoms with Gasteiger partial charge in [-0.2, -0.15) is 0 Å². The van der Waals surface area contributed by atoms with Crippen LogP contribution in [0.25, 0.3) is 0 Å². The van der Waals surface area contributed by atoms with Crippen molar-refractivity contribution in [3.63, 3.8) is 0 Å². The van der Waals surface area contributed by atoms with Crippen molar-refractivity contribution in [1.29, 1.82) is 0 Å². The van der Waals surface area contributed by atoms with Crippen molar-refractivity contribution in [3.8, 4) is 0 Å². The van der Waals surface area contributed by atoms with Gasteiger partial charge in [0.2, 0.25) is 5.95 Å². The monoisotopic (exact) mass is 345 g/mol. The van der Waals surface area contributed by atoms with Crippen molar-refractivity contribution in [3.05, 3.63) is 47.0 Å². The third-order valence-electron chi connectivity index (χ3n) is 3.98. The lowest BCUT2D eigenvalue weighted by Gasteiger charge is -2.26. The first-order valence-corrected chi connectivity index (χ1v) is 8.57. The standard InChI is InChI=1S/C17H20ClN5O/c18-14-12-21-17(23-10-4-1-5-11-23)22-15(14)16(24)20-9-7-13-6-2-3-8-19-13/h2-3,6,8,12H,1,4-5,7,9-11H2,(H,20,24). The van der Waals surface area contributed by atoms with Crippen molar-refractivity contribution >= 4 is 23.5 Å². The molecule has 1 fully saturated rings. The summed E-state index contributed by atoms with van der Waals surface area (Å²) in [6, 6.07) is 5.72. The van der Waals surface area contributed by atoms with E-state index < -0.39 is 0 Å². The van der Waals surface area contributed by atoms with Crippen LogP contribution in [-0.2, 0) is 6.42 Å². The molecule has 0 aliphatic carbocycles. The summed E-state index contributed by atoms with van der Waals surface area (Å²) in [6.07, 6.45) is 7.38. The van der Waals surface area contributed by atoms with Crippen LogP contribution >= 0.6 is 11.6 Å². The van der Waals surface area contributed by atoms with Crippen LogP contribution in [0, 0.1) is 0 Å². The zero-order valence-electron chi connectivity index (χ0n) is 13.4. The van der Waals surface area contributed by atoms with Crippen LogP contribution in [0.1, 0.15) is 35.4 Å². The van der Waals surface area contributed by atoms with E-state index in [-0.39, 0.29) is 16.6 Å². The molecule has 2 aromatic rings. The van der Waals surface area contributed by atoms with Crippen molar-refractivity contribution < 1.29 is 4.79 Å². The number of nitrogens with one attached hydrogen (secondary N) is 1. The van der Waals surface area contributed by atoms with E-state index in [9.17, 15) is 4.79 Å². The van der Waals surface area contributed by atoms with Gasteiger partial charge in [0.05, 0.1) is 11.2 Å². The van der Waals surface area contributed by atoms with Gasteiger partial charge in [0.1, 0.15) is 0 Å². The van der Waals surface area contributed by atoms with E-state index in [1.807, 2.05) is 18.2 Å². The Bertz CT molecular complexity index is 689. The summed E-state index contributed by atoms with van der Waals surface area (Å²) in [5, 5.41) is 3.12. The van der Waals surface area contributed by atoms with E-state index in [4.69, 9.17) is 11.6 Å². The second-order valence-electron chi connectivity index (χ2n) is 5.74. The summed E-state index contributed by atoms with van der Waals surface area (Å²) in [7, 11) is 0. The van der Waals surface area contributed by atoms with Crippen LogP contribution in [0.2, 0.25) is 5.02 Å². The molecule has 0 bridgehead atoms. The van der Waals surface area contributed by atoms with E-state index in [1.54, 1.807) is 6.20 Å². The Kier molecular flexibility index (Phi) is 5.59. The van der Waals surface area contributed by atoms with Gasteiger partial charge in [0.25, 0.3) is 5.91 Å². The quantitative estimate of drug-likeness (QED) is 0.901. The van der Waals surface area contributed by atoms with Crippen molar-refractivity contribution in [1.82, 2.24) is 20.3 Å². The van der Waals surface area contributed by atoms with E-state index in [2.05, 4.69) is 25.2 Å². The molecule has 0 radical (unpaired) electrons. The Morgan fingerprint density at radius 3 is 2.79 bits per heavy atom. The first kappa shape index (κ1) is 16.6. The fourth-order valence-electron chi connectivity index (χ4n) is 2.70. The third kappa shape index (κ3) is 4.20. The largest absolute Gasteiger partial charge is 0.350 e. The highest BCUT2D eigenvalue weighted by atomic mass is 35.5. The molecule has 0 atom stereocenters. The first-order valence-electron chi connectivity index (χ1n) is 8.19. The fraction of sp³-hybridized carbons (Fsp3) is 0.412. The number of hydrogen-bond donors (Lipinski definition) is 1. The normalized spacial score (nSPS) is 14.5. The number of amides is 1. The molecular formula is C17H20ClN5O. The van der Waals surface area contributed by atoms with Gasteiger partial charge < -0.3 is 10.2 Å². The molecule has 3 rings (SSSR count). The minimum atomic E-state index is -0.281.